The largest absolute Gasteiger partial charge is 0.332 e. The quantitative estimate of drug-likeness (QED) is 0.840. The van der Waals surface area contributed by atoms with Gasteiger partial charge in [0, 0.05) is 35.5 Å². The van der Waals surface area contributed by atoms with Crippen molar-refractivity contribution in [3.63, 3.8) is 0 Å². The molecule has 0 radical (unpaired) electrons. The summed E-state index contributed by atoms with van der Waals surface area (Å²) in [4.78, 5) is 32.1. The number of nitrogens with one attached hydrogen (secondary N) is 1. The predicted octanol–water partition coefficient (Wildman–Crippen LogP) is 3.93. The van der Waals surface area contributed by atoms with E-state index in [1.54, 1.807) is 16.2 Å². The van der Waals surface area contributed by atoms with E-state index >= 15 is 0 Å². The summed E-state index contributed by atoms with van der Waals surface area (Å²) in [6, 6.07) is 4.18. The fraction of sp³-hybridized carbons (Fsp3) is 0.400. The van der Waals surface area contributed by atoms with E-state index in [0.29, 0.717) is 18.1 Å². The summed E-state index contributed by atoms with van der Waals surface area (Å²) in [6.45, 7) is 3.34. The molecular formula is C15H17N3O2S3. The number of hydrogen-bond acceptors (Lipinski definition) is 6. The lowest BCUT2D eigenvalue weighted by atomic mass is 10.3. The number of amides is 2. The number of thiazole rings is 1. The van der Waals surface area contributed by atoms with Crippen LogP contribution < -0.4 is 5.32 Å². The van der Waals surface area contributed by atoms with E-state index in [9.17, 15) is 9.59 Å². The Kier molecular flexibility index (Phi) is 5.34. The van der Waals surface area contributed by atoms with Crippen molar-refractivity contribution < 1.29 is 9.59 Å². The highest BCUT2D eigenvalue weighted by Gasteiger charge is 2.21. The lowest BCUT2D eigenvalue weighted by Gasteiger charge is -2.13. The van der Waals surface area contributed by atoms with Crippen molar-refractivity contribution in [1.82, 2.24) is 9.88 Å². The van der Waals surface area contributed by atoms with Crippen LogP contribution in [0.25, 0.3) is 10.6 Å². The van der Waals surface area contributed by atoms with Gasteiger partial charge in [0.25, 0.3) is 5.24 Å². The number of nitrogens with zero attached hydrogens (tertiary/aromatic N) is 2. The molecular weight excluding hydrogens is 350 g/mol. The van der Waals surface area contributed by atoms with Gasteiger partial charge in [0.05, 0.1) is 10.6 Å². The highest BCUT2D eigenvalue weighted by Crippen LogP contribution is 2.31. The fourth-order valence-corrected chi connectivity index (χ4v) is 4.76. The molecule has 0 aromatic carbocycles. The molecule has 0 saturated carbocycles. The lowest BCUT2D eigenvalue weighted by molar-refractivity contribution is -0.116. The van der Waals surface area contributed by atoms with Gasteiger partial charge in [-0.2, -0.15) is 0 Å². The van der Waals surface area contributed by atoms with Crippen LogP contribution in [-0.2, 0) is 11.2 Å². The maximum atomic E-state index is 12.0. The van der Waals surface area contributed by atoms with Crippen molar-refractivity contribution in [2.24, 2.45) is 0 Å². The molecule has 8 heteroatoms. The molecule has 23 heavy (non-hydrogen) atoms. The van der Waals surface area contributed by atoms with Gasteiger partial charge >= 0.3 is 0 Å². The lowest BCUT2D eigenvalue weighted by Crippen LogP contribution is -2.27. The Bertz CT molecular complexity index is 710. The van der Waals surface area contributed by atoms with Gasteiger partial charge in [-0.05, 0) is 18.6 Å². The number of thioether (sulfide) groups is 1. The molecule has 1 aliphatic rings. The van der Waals surface area contributed by atoms with E-state index in [4.69, 9.17) is 0 Å². The molecule has 1 N–H and O–H groups in total. The zero-order chi connectivity index (χ0) is 16.2. The monoisotopic (exact) mass is 367 g/mol. The van der Waals surface area contributed by atoms with E-state index < -0.39 is 0 Å². The van der Waals surface area contributed by atoms with E-state index in [2.05, 4.69) is 29.4 Å². The molecule has 5 nitrogen and oxygen atoms in total. The third-order valence-electron chi connectivity index (χ3n) is 3.47. The maximum absolute atomic E-state index is 12.0. The zero-order valence-corrected chi connectivity index (χ0v) is 15.2. The van der Waals surface area contributed by atoms with Crippen LogP contribution in [0.1, 0.15) is 18.2 Å². The van der Waals surface area contributed by atoms with Gasteiger partial charge in [-0.3, -0.25) is 9.59 Å². The molecule has 0 atom stereocenters. The first-order valence-electron chi connectivity index (χ1n) is 7.42. The smallest absolute Gasteiger partial charge is 0.281 e. The van der Waals surface area contributed by atoms with Crippen molar-refractivity contribution in [2.45, 2.75) is 19.8 Å². The van der Waals surface area contributed by atoms with Gasteiger partial charge in [-0.1, -0.05) is 18.7 Å². The van der Waals surface area contributed by atoms with Crippen LogP contribution in [0.4, 0.5) is 9.93 Å². The molecule has 0 spiro atoms. The number of aromatic nitrogens is 1. The van der Waals surface area contributed by atoms with E-state index in [-0.39, 0.29) is 11.1 Å². The molecule has 3 heterocycles. The number of carbonyl (C=O) groups excluding carboxylic acids is 2. The van der Waals surface area contributed by atoms with Gasteiger partial charge < -0.3 is 10.2 Å². The van der Waals surface area contributed by atoms with E-state index in [1.165, 1.54) is 28.0 Å². The molecule has 1 saturated heterocycles. The number of thiophene rings is 1. The third-order valence-corrected chi connectivity index (χ3v) is 6.37. The maximum Gasteiger partial charge on any atom is 0.281 e. The minimum atomic E-state index is -0.101. The first-order chi connectivity index (χ1) is 11.2. The number of rotatable bonds is 6. The molecule has 2 aromatic heterocycles. The minimum absolute atomic E-state index is 0.0683. The standard InChI is InChI=1S/C15H17N3O2S3/c1-2-10-3-4-12(23-10)11-9-22-14(16-11)17-13(19)5-6-18-7-8-21-15(18)20/h3-4,9H,2,5-8H2,1H3,(H,16,17,19). The molecule has 2 aromatic rings. The van der Waals surface area contributed by atoms with Gasteiger partial charge in [0.1, 0.15) is 0 Å². The highest BCUT2D eigenvalue weighted by atomic mass is 32.2. The van der Waals surface area contributed by atoms with Crippen molar-refractivity contribution in [1.29, 1.82) is 0 Å². The Hall–Kier alpha value is -1.38. The molecule has 2 amide bonds. The SMILES string of the molecule is CCc1ccc(-c2csc(NC(=O)CCN3CCSC3=O)n2)s1. The second kappa shape index (κ2) is 7.46. The molecule has 0 unspecified atom stereocenters. The fourth-order valence-electron chi connectivity index (χ4n) is 2.20. The van der Waals surface area contributed by atoms with Crippen molar-refractivity contribution in [3.8, 4) is 10.6 Å². The van der Waals surface area contributed by atoms with Crippen molar-refractivity contribution in [3.05, 3.63) is 22.4 Å². The summed E-state index contributed by atoms with van der Waals surface area (Å²) in [7, 11) is 0. The van der Waals surface area contributed by atoms with Crippen molar-refractivity contribution in [2.75, 3.05) is 24.2 Å². The average molecular weight is 368 g/mol. The Morgan fingerprint density at radius 3 is 3.00 bits per heavy atom. The molecule has 0 aliphatic carbocycles. The van der Waals surface area contributed by atoms with E-state index in [0.717, 1.165) is 29.3 Å². The summed E-state index contributed by atoms with van der Waals surface area (Å²) in [5.41, 5.74) is 0.904. The second-order valence-corrected chi connectivity index (χ2v) is 8.13. The summed E-state index contributed by atoms with van der Waals surface area (Å²) in [5, 5.41) is 5.46. The summed E-state index contributed by atoms with van der Waals surface area (Å²) in [5.74, 6) is 0.715. The Labute approximate surface area is 147 Å². The molecule has 1 aliphatic heterocycles. The van der Waals surface area contributed by atoms with Crippen LogP contribution in [0.5, 0.6) is 0 Å². The number of hydrogen-bond donors (Lipinski definition) is 1. The predicted molar refractivity (Wildman–Crippen MR) is 97.5 cm³/mol. The van der Waals surface area contributed by atoms with Gasteiger partial charge in [0.15, 0.2) is 5.13 Å². The Morgan fingerprint density at radius 2 is 2.30 bits per heavy atom. The van der Waals surface area contributed by atoms with Gasteiger partial charge in [-0.15, -0.1) is 22.7 Å². The first-order valence-corrected chi connectivity index (χ1v) is 10.1. The molecule has 122 valence electrons. The van der Waals surface area contributed by atoms with Gasteiger partial charge in [0.2, 0.25) is 5.91 Å². The highest BCUT2D eigenvalue weighted by molar-refractivity contribution is 8.13. The Morgan fingerprint density at radius 1 is 1.43 bits per heavy atom. The second-order valence-electron chi connectivity index (χ2n) is 5.06. The molecule has 3 rings (SSSR count). The number of carbonyl (C=O) groups is 2. The Balaban J connectivity index is 1.54. The number of aryl methyl sites for hydroxylation is 1. The van der Waals surface area contributed by atoms with Crippen LogP contribution in [-0.4, -0.2) is 39.9 Å². The molecule has 0 bridgehead atoms. The van der Waals surface area contributed by atoms with Crippen LogP contribution >= 0.6 is 34.4 Å². The van der Waals surface area contributed by atoms with Crippen LogP contribution in [0.15, 0.2) is 17.5 Å². The first kappa shape index (κ1) is 16.5. The van der Waals surface area contributed by atoms with Crippen LogP contribution in [0.2, 0.25) is 0 Å². The topological polar surface area (TPSA) is 62.3 Å². The zero-order valence-electron chi connectivity index (χ0n) is 12.7. The third kappa shape index (κ3) is 4.13. The normalized spacial score (nSPS) is 14.5. The summed E-state index contributed by atoms with van der Waals surface area (Å²) >= 11 is 4.47. The summed E-state index contributed by atoms with van der Waals surface area (Å²) < 4.78 is 0. The van der Waals surface area contributed by atoms with E-state index in [1.807, 2.05) is 5.38 Å². The average Bonchev–Trinajstić information content (AvgIpc) is 3.25. The number of anilines is 1. The van der Waals surface area contributed by atoms with Gasteiger partial charge in [-0.25, -0.2) is 4.98 Å². The molecule has 1 fully saturated rings. The van der Waals surface area contributed by atoms with Crippen LogP contribution in [0, 0.1) is 0 Å². The van der Waals surface area contributed by atoms with Crippen molar-refractivity contribution >= 4 is 50.7 Å². The minimum Gasteiger partial charge on any atom is -0.332 e. The van der Waals surface area contributed by atoms with Crippen LogP contribution in [0.3, 0.4) is 0 Å². The summed E-state index contributed by atoms with van der Waals surface area (Å²) in [6.07, 6.45) is 1.33.